The minimum Gasteiger partial charge on any atom is -0.341 e. The van der Waals surface area contributed by atoms with Crippen molar-refractivity contribution in [3.63, 3.8) is 0 Å². The zero-order valence-corrected chi connectivity index (χ0v) is 12.9. The van der Waals surface area contributed by atoms with Crippen molar-refractivity contribution >= 4 is 11.4 Å². The molecule has 0 bridgehead atoms. The monoisotopic (exact) mass is 286 g/mol. The van der Waals surface area contributed by atoms with Gasteiger partial charge in [0.2, 0.25) is 0 Å². The van der Waals surface area contributed by atoms with Crippen molar-refractivity contribution in [1.29, 1.82) is 0 Å². The third-order valence-corrected chi connectivity index (χ3v) is 3.42. The standard InChI is InChI=1S/C18H23FN2/c1-4-21(17-10-7-9-16(19)12-17)18-11-6-5-8-15(18)13-20-14(2)3/h5-12,14,20H,4,13H2,1-3H3. The van der Waals surface area contributed by atoms with Crippen LogP contribution < -0.4 is 10.2 Å². The van der Waals surface area contributed by atoms with Crippen LogP contribution in [0.15, 0.2) is 48.5 Å². The molecule has 0 saturated carbocycles. The van der Waals surface area contributed by atoms with Crippen LogP contribution in [0.3, 0.4) is 0 Å². The fourth-order valence-corrected chi connectivity index (χ4v) is 2.37. The van der Waals surface area contributed by atoms with E-state index in [0.717, 1.165) is 24.5 Å². The Kier molecular flexibility index (Phi) is 5.34. The van der Waals surface area contributed by atoms with Crippen molar-refractivity contribution in [2.75, 3.05) is 11.4 Å². The van der Waals surface area contributed by atoms with Crippen molar-refractivity contribution in [1.82, 2.24) is 5.32 Å². The Morgan fingerprint density at radius 3 is 2.52 bits per heavy atom. The summed E-state index contributed by atoms with van der Waals surface area (Å²) in [6.45, 7) is 7.94. The molecule has 2 rings (SSSR count). The summed E-state index contributed by atoms with van der Waals surface area (Å²) in [4.78, 5) is 2.14. The predicted molar refractivity (Wildman–Crippen MR) is 87.5 cm³/mol. The highest BCUT2D eigenvalue weighted by Crippen LogP contribution is 2.28. The minimum atomic E-state index is -0.205. The molecule has 0 aliphatic heterocycles. The number of halogens is 1. The lowest BCUT2D eigenvalue weighted by Crippen LogP contribution is -2.24. The van der Waals surface area contributed by atoms with Gasteiger partial charge in [-0.25, -0.2) is 4.39 Å². The average Bonchev–Trinajstić information content (AvgIpc) is 2.47. The third-order valence-electron chi connectivity index (χ3n) is 3.42. The molecule has 112 valence electrons. The first-order chi connectivity index (χ1) is 10.1. The van der Waals surface area contributed by atoms with Crippen LogP contribution >= 0.6 is 0 Å². The molecule has 3 heteroatoms. The van der Waals surface area contributed by atoms with E-state index < -0.39 is 0 Å². The molecule has 0 aliphatic rings. The molecule has 2 aromatic rings. The Morgan fingerprint density at radius 1 is 1.10 bits per heavy atom. The van der Waals surface area contributed by atoms with Crippen molar-refractivity contribution in [2.24, 2.45) is 0 Å². The topological polar surface area (TPSA) is 15.3 Å². The van der Waals surface area contributed by atoms with E-state index in [1.165, 1.54) is 11.6 Å². The van der Waals surface area contributed by atoms with Crippen LogP contribution in [0.1, 0.15) is 26.3 Å². The zero-order chi connectivity index (χ0) is 15.2. The summed E-state index contributed by atoms with van der Waals surface area (Å²) in [7, 11) is 0. The molecular formula is C18H23FN2. The van der Waals surface area contributed by atoms with Crippen molar-refractivity contribution in [2.45, 2.75) is 33.4 Å². The van der Waals surface area contributed by atoms with Gasteiger partial charge >= 0.3 is 0 Å². The molecule has 0 aliphatic carbocycles. The molecule has 21 heavy (non-hydrogen) atoms. The van der Waals surface area contributed by atoms with Crippen LogP contribution in [-0.2, 0) is 6.54 Å². The van der Waals surface area contributed by atoms with E-state index in [4.69, 9.17) is 0 Å². The molecule has 0 aromatic heterocycles. The van der Waals surface area contributed by atoms with Gasteiger partial charge in [-0.2, -0.15) is 0 Å². The second-order valence-corrected chi connectivity index (χ2v) is 5.39. The van der Waals surface area contributed by atoms with Gasteiger partial charge in [0.25, 0.3) is 0 Å². The Bertz CT molecular complexity index is 581. The lowest BCUT2D eigenvalue weighted by Gasteiger charge is -2.26. The summed E-state index contributed by atoms with van der Waals surface area (Å²) in [6.07, 6.45) is 0. The predicted octanol–water partition coefficient (Wildman–Crippen LogP) is 4.48. The highest BCUT2D eigenvalue weighted by atomic mass is 19.1. The van der Waals surface area contributed by atoms with Crippen molar-refractivity contribution in [3.05, 3.63) is 59.9 Å². The Morgan fingerprint density at radius 2 is 1.86 bits per heavy atom. The summed E-state index contributed by atoms with van der Waals surface area (Å²) in [6, 6.07) is 15.5. The Balaban J connectivity index is 2.33. The van der Waals surface area contributed by atoms with E-state index >= 15 is 0 Å². The maximum Gasteiger partial charge on any atom is 0.125 e. The van der Waals surface area contributed by atoms with Gasteiger partial charge < -0.3 is 10.2 Å². The summed E-state index contributed by atoms with van der Waals surface area (Å²) in [5.41, 5.74) is 3.23. The first-order valence-corrected chi connectivity index (χ1v) is 7.46. The smallest absolute Gasteiger partial charge is 0.125 e. The lowest BCUT2D eigenvalue weighted by atomic mass is 10.1. The maximum absolute atomic E-state index is 13.5. The summed E-state index contributed by atoms with van der Waals surface area (Å²) >= 11 is 0. The number of anilines is 2. The maximum atomic E-state index is 13.5. The summed E-state index contributed by atoms with van der Waals surface area (Å²) in [5.74, 6) is -0.205. The minimum absolute atomic E-state index is 0.205. The quantitative estimate of drug-likeness (QED) is 0.842. The summed E-state index contributed by atoms with van der Waals surface area (Å²) < 4.78 is 13.5. The van der Waals surface area contributed by atoms with Crippen LogP contribution in [0, 0.1) is 5.82 Å². The van der Waals surface area contributed by atoms with E-state index in [2.05, 4.69) is 43.1 Å². The van der Waals surface area contributed by atoms with Gasteiger partial charge in [0.05, 0.1) is 0 Å². The largest absolute Gasteiger partial charge is 0.341 e. The van der Waals surface area contributed by atoms with E-state index in [0.29, 0.717) is 6.04 Å². The normalized spacial score (nSPS) is 10.9. The number of para-hydroxylation sites is 1. The van der Waals surface area contributed by atoms with E-state index in [-0.39, 0.29) is 5.82 Å². The van der Waals surface area contributed by atoms with E-state index in [1.54, 1.807) is 12.1 Å². The molecular weight excluding hydrogens is 263 g/mol. The van der Waals surface area contributed by atoms with E-state index in [9.17, 15) is 4.39 Å². The fourth-order valence-electron chi connectivity index (χ4n) is 2.37. The first kappa shape index (κ1) is 15.5. The van der Waals surface area contributed by atoms with Crippen LogP contribution in [-0.4, -0.2) is 12.6 Å². The molecule has 0 spiro atoms. The number of rotatable bonds is 6. The fraction of sp³-hybridized carbons (Fsp3) is 0.333. The van der Waals surface area contributed by atoms with Gasteiger partial charge in [0, 0.05) is 30.5 Å². The number of hydrogen-bond acceptors (Lipinski definition) is 2. The third kappa shape index (κ3) is 4.05. The molecule has 0 saturated heterocycles. The number of hydrogen-bond donors (Lipinski definition) is 1. The molecule has 2 aromatic carbocycles. The molecule has 0 radical (unpaired) electrons. The number of nitrogens with one attached hydrogen (secondary N) is 1. The number of nitrogens with zero attached hydrogens (tertiary/aromatic N) is 1. The number of benzene rings is 2. The molecule has 0 amide bonds. The van der Waals surface area contributed by atoms with Crippen LogP contribution in [0.4, 0.5) is 15.8 Å². The van der Waals surface area contributed by atoms with Gasteiger partial charge in [-0.15, -0.1) is 0 Å². The Labute approximate surface area is 126 Å². The SMILES string of the molecule is CCN(c1cccc(F)c1)c1ccccc1CNC(C)C. The van der Waals surface area contributed by atoms with Crippen LogP contribution in [0.5, 0.6) is 0 Å². The molecule has 0 atom stereocenters. The van der Waals surface area contributed by atoms with Gasteiger partial charge in [-0.05, 0) is 36.8 Å². The average molecular weight is 286 g/mol. The van der Waals surface area contributed by atoms with E-state index in [1.807, 2.05) is 18.2 Å². The lowest BCUT2D eigenvalue weighted by molar-refractivity contribution is 0.588. The second kappa shape index (κ2) is 7.23. The van der Waals surface area contributed by atoms with Gasteiger partial charge in [0.15, 0.2) is 0 Å². The van der Waals surface area contributed by atoms with Gasteiger partial charge in [0.1, 0.15) is 5.82 Å². The van der Waals surface area contributed by atoms with Crippen LogP contribution in [0.25, 0.3) is 0 Å². The van der Waals surface area contributed by atoms with Gasteiger partial charge in [-0.1, -0.05) is 38.1 Å². The zero-order valence-electron chi connectivity index (χ0n) is 12.9. The van der Waals surface area contributed by atoms with Crippen molar-refractivity contribution < 1.29 is 4.39 Å². The highest BCUT2D eigenvalue weighted by molar-refractivity contribution is 5.66. The van der Waals surface area contributed by atoms with Gasteiger partial charge in [-0.3, -0.25) is 0 Å². The summed E-state index contributed by atoms with van der Waals surface area (Å²) in [5, 5.41) is 3.44. The van der Waals surface area contributed by atoms with Crippen LogP contribution in [0.2, 0.25) is 0 Å². The molecule has 0 fully saturated rings. The molecule has 0 unspecified atom stereocenters. The second-order valence-electron chi connectivity index (χ2n) is 5.39. The molecule has 0 heterocycles. The first-order valence-electron chi connectivity index (χ1n) is 7.46. The molecule has 1 N–H and O–H groups in total. The highest BCUT2D eigenvalue weighted by Gasteiger charge is 2.12. The Hall–Kier alpha value is -1.87. The molecule has 2 nitrogen and oxygen atoms in total. The van der Waals surface area contributed by atoms with Crippen molar-refractivity contribution in [3.8, 4) is 0 Å².